The van der Waals surface area contributed by atoms with Crippen LogP contribution in [0.1, 0.15) is 35.2 Å². The Morgan fingerprint density at radius 3 is 2.74 bits per heavy atom. The van der Waals surface area contributed by atoms with Gasteiger partial charge in [-0.15, -0.1) is 0 Å². The summed E-state index contributed by atoms with van der Waals surface area (Å²) in [5, 5.41) is 3.45. The van der Waals surface area contributed by atoms with Crippen LogP contribution in [0.5, 0.6) is 0 Å². The number of rotatable bonds is 1. The zero-order valence-corrected chi connectivity index (χ0v) is 11.5. The zero-order chi connectivity index (χ0) is 13.3. The number of nitrogens with one attached hydrogen (secondary N) is 1. The molecule has 0 atom stereocenters. The van der Waals surface area contributed by atoms with Gasteiger partial charge in [-0.25, -0.2) is 0 Å². The van der Waals surface area contributed by atoms with Crippen molar-refractivity contribution in [1.82, 2.24) is 15.2 Å². The SMILES string of the molecule is Cc1cncc(C(=O)N2CCC3(CCNC3)CC2)c1. The molecule has 3 heterocycles. The van der Waals surface area contributed by atoms with Crippen LogP contribution in [0.2, 0.25) is 0 Å². The number of aryl methyl sites for hydroxylation is 1. The first kappa shape index (κ1) is 12.6. The molecule has 1 N–H and O–H groups in total. The van der Waals surface area contributed by atoms with Crippen molar-refractivity contribution in [2.75, 3.05) is 26.2 Å². The molecule has 3 rings (SSSR count). The molecule has 102 valence electrons. The van der Waals surface area contributed by atoms with Gasteiger partial charge in [0.05, 0.1) is 5.56 Å². The lowest BCUT2D eigenvalue weighted by Crippen LogP contribution is -2.44. The predicted octanol–water partition coefficient (Wildman–Crippen LogP) is 1.61. The van der Waals surface area contributed by atoms with Gasteiger partial charge in [0.2, 0.25) is 0 Å². The highest BCUT2D eigenvalue weighted by atomic mass is 16.2. The molecule has 0 aliphatic carbocycles. The number of pyridine rings is 1. The lowest BCUT2D eigenvalue weighted by Gasteiger charge is -2.38. The molecule has 1 spiro atoms. The Labute approximate surface area is 114 Å². The Morgan fingerprint density at radius 1 is 1.32 bits per heavy atom. The molecule has 1 amide bonds. The van der Waals surface area contributed by atoms with Crippen molar-refractivity contribution in [3.8, 4) is 0 Å². The third-order valence-electron chi connectivity index (χ3n) is 4.57. The summed E-state index contributed by atoms with van der Waals surface area (Å²) in [5.41, 5.74) is 2.22. The summed E-state index contributed by atoms with van der Waals surface area (Å²) >= 11 is 0. The van der Waals surface area contributed by atoms with E-state index in [1.165, 1.54) is 6.42 Å². The summed E-state index contributed by atoms with van der Waals surface area (Å²) in [7, 11) is 0. The number of carbonyl (C=O) groups excluding carboxylic acids is 1. The maximum absolute atomic E-state index is 12.4. The molecule has 2 aliphatic heterocycles. The van der Waals surface area contributed by atoms with Gasteiger partial charge in [-0.3, -0.25) is 9.78 Å². The van der Waals surface area contributed by atoms with Crippen LogP contribution in [0.3, 0.4) is 0 Å². The molecule has 4 nitrogen and oxygen atoms in total. The molecular formula is C15H21N3O. The first-order valence-electron chi connectivity index (χ1n) is 7.10. The predicted molar refractivity (Wildman–Crippen MR) is 74.0 cm³/mol. The van der Waals surface area contributed by atoms with Crippen LogP contribution in [0.15, 0.2) is 18.5 Å². The molecule has 0 unspecified atom stereocenters. The number of hydrogen-bond acceptors (Lipinski definition) is 3. The Kier molecular flexibility index (Phi) is 3.27. The van der Waals surface area contributed by atoms with Gasteiger partial charge in [-0.05, 0) is 49.8 Å². The molecule has 0 aromatic carbocycles. The number of likely N-dealkylation sites (tertiary alicyclic amines) is 1. The van der Waals surface area contributed by atoms with E-state index in [9.17, 15) is 4.79 Å². The summed E-state index contributed by atoms with van der Waals surface area (Å²) in [4.78, 5) is 18.5. The molecule has 2 aliphatic rings. The van der Waals surface area contributed by atoms with Crippen LogP contribution in [-0.2, 0) is 0 Å². The zero-order valence-electron chi connectivity index (χ0n) is 11.5. The Hall–Kier alpha value is -1.42. The highest BCUT2D eigenvalue weighted by Crippen LogP contribution is 2.37. The minimum Gasteiger partial charge on any atom is -0.339 e. The average molecular weight is 259 g/mol. The number of aromatic nitrogens is 1. The van der Waals surface area contributed by atoms with Crippen LogP contribution in [0, 0.1) is 12.3 Å². The number of piperidine rings is 1. The molecule has 1 aromatic rings. The van der Waals surface area contributed by atoms with E-state index < -0.39 is 0 Å². The van der Waals surface area contributed by atoms with Gasteiger partial charge in [0.15, 0.2) is 0 Å². The van der Waals surface area contributed by atoms with E-state index in [1.807, 2.05) is 17.9 Å². The number of amides is 1. The van der Waals surface area contributed by atoms with E-state index in [-0.39, 0.29) is 5.91 Å². The molecule has 2 saturated heterocycles. The van der Waals surface area contributed by atoms with Crippen molar-refractivity contribution in [1.29, 1.82) is 0 Å². The second-order valence-corrected chi connectivity index (χ2v) is 5.97. The lowest BCUT2D eigenvalue weighted by molar-refractivity contribution is 0.0607. The summed E-state index contributed by atoms with van der Waals surface area (Å²) in [6.07, 6.45) is 6.99. The van der Waals surface area contributed by atoms with E-state index in [1.54, 1.807) is 12.4 Å². The van der Waals surface area contributed by atoms with E-state index in [2.05, 4.69) is 10.3 Å². The third-order valence-corrected chi connectivity index (χ3v) is 4.57. The largest absolute Gasteiger partial charge is 0.339 e. The fraction of sp³-hybridized carbons (Fsp3) is 0.600. The molecule has 19 heavy (non-hydrogen) atoms. The fourth-order valence-electron chi connectivity index (χ4n) is 3.26. The van der Waals surface area contributed by atoms with Crippen molar-refractivity contribution >= 4 is 5.91 Å². The first-order valence-corrected chi connectivity index (χ1v) is 7.10. The minimum atomic E-state index is 0.136. The van der Waals surface area contributed by atoms with Crippen molar-refractivity contribution in [3.05, 3.63) is 29.6 Å². The van der Waals surface area contributed by atoms with Crippen LogP contribution < -0.4 is 5.32 Å². The smallest absolute Gasteiger partial charge is 0.255 e. The lowest BCUT2D eigenvalue weighted by atomic mass is 9.78. The van der Waals surface area contributed by atoms with Gasteiger partial charge in [0, 0.05) is 32.0 Å². The molecule has 4 heteroatoms. The molecular weight excluding hydrogens is 238 g/mol. The second kappa shape index (κ2) is 4.93. The molecule has 2 fully saturated rings. The minimum absolute atomic E-state index is 0.136. The fourth-order valence-corrected chi connectivity index (χ4v) is 3.26. The van der Waals surface area contributed by atoms with Gasteiger partial charge in [-0.2, -0.15) is 0 Å². The van der Waals surface area contributed by atoms with Crippen molar-refractivity contribution in [3.63, 3.8) is 0 Å². The summed E-state index contributed by atoms with van der Waals surface area (Å²) in [6.45, 7) is 6.00. The summed E-state index contributed by atoms with van der Waals surface area (Å²) in [5.74, 6) is 0.136. The van der Waals surface area contributed by atoms with Crippen molar-refractivity contribution < 1.29 is 4.79 Å². The number of hydrogen-bond donors (Lipinski definition) is 1. The van der Waals surface area contributed by atoms with Crippen LogP contribution in [-0.4, -0.2) is 42.0 Å². The highest BCUT2D eigenvalue weighted by Gasteiger charge is 2.38. The Morgan fingerprint density at radius 2 is 2.11 bits per heavy atom. The number of nitrogens with zero attached hydrogens (tertiary/aromatic N) is 2. The van der Waals surface area contributed by atoms with Gasteiger partial charge < -0.3 is 10.2 Å². The molecule has 0 saturated carbocycles. The van der Waals surface area contributed by atoms with Gasteiger partial charge in [0.1, 0.15) is 0 Å². The Balaban J connectivity index is 1.66. The molecule has 1 aromatic heterocycles. The van der Waals surface area contributed by atoms with Crippen LogP contribution in [0.4, 0.5) is 0 Å². The third kappa shape index (κ3) is 2.50. The maximum Gasteiger partial charge on any atom is 0.255 e. The normalized spacial score (nSPS) is 21.8. The van der Waals surface area contributed by atoms with E-state index in [4.69, 9.17) is 0 Å². The summed E-state index contributed by atoms with van der Waals surface area (Å²) < 4.78 is 0. The molecule has 0 bridgehead atoms. The molecule has 0 radical (unpaired) electrons. The van der Waals surface area contributed by atoms with E-state index in [0.717, 1.165) is 50.1 Å². The van der Waals surface area contributed by atoms with E-state index >= 15 is 0 Å². The van der Waals surface area contributed by atoms with E-state index in [0.29, 0.717) is 5.41 Å². The maximum atomic E-state index is 12.4. The van der Waals surface area contributed by atoms with Crippen LogP contribution in [0.25, 0.3) is 0 Å². The summed E-state index contributed by atoms with van der Waals surface area (Å²) in [6, 6.07) is 1.93. The standard InChI is InChI=1S/C15H21N3O/c1-12-8-13(10-17-9-12)14(19)18-6-3-15(4-7-18)2-5-16-11-15/h8-10,16H,2-7,11H2,1H3. The highest BCUT2D eigenvalue weighted by molar-refractivity contribution is 5.94. The quantitative estimate of drug-likeness (QED) is 0.833. The first-order chi connectivity index (χ1) is 9.19. The van der Waals surface area contributed by atoms with Gasteiger partial charge in [-0.1, -0.05) is 0 Å². The topological polar surface area (TPSA) is 45.2 Å². The van der Waals surface area contributed by atoms with Gasteiger partial charge in [0.25, 0.3) is 5.91 Å². The Bertz CT molecular complexity index is 470. The monoisotopic (exact) mass is 259 g/mol. The van der Waals surface area contributed by atoms with Gasteiger partial charge >= 0.3 is 0 Å². The van der Waals surface area contributed by atoms with Crippen molar-refractivity contribution in [2.24, 2.45) is 5.41 Å². The van der Waals surface area contributed by atoms with Crippen LogP contribution >= 0.6 is 0 Å². The van der Waals surface area contributed by atoms with Crippen molar-refractivity contribution in [2.45, 2.75) is 26.2 Å². The second-order valence-electron chi connectivity index (χ2n) is 5.97. The average Bonchev–Trinajstić information content (AvgIpc) is 2.87. The number of carbonyl (C=O) groups is 1.